The summed E-state index contributed by atoms with van der Waals surface area (Å²) in [5, 5.41) is 1.06. The summed E-state index contributed by atoms with van der Waals surface area (Å²) in [5.74, 6) is 0. The van der Waals surface area contributed by atoms with Gasteiger partial charge in [0.25, 0.3) is 0 Å². The van der Waals surface area contributed by atoms with Gasteiger partial charge in [-0.15, -0.1) is 0 Å². The summed E-state index contributed by atoms with van der Waals surface area (Å²) in [6.07, 6.45) is 0. The van der Waals surface area contributed by atoms with Crippen molar-refractivity contribution in [3.8, 4) is 0 Å². The Kier molecular flexibility index (Phi) is 2.33. The topological polar surface area (TPSA) is 0 Å². The van der Waals surface area contributed by atoms with Crippen LogP contribution in [-0.4, -0.2) is 16.3 Å². The van der Waals surface area contributed by atoms with E-state index in [2.05, 4.69) is 47.5 Å². The predicted molar refractivity (Wildman–Crippen MR) is 40.6 cm³/mol. The molecule has 0 saturated heterocycles. The van der Waals surface area contributed by atoms with Crippen LogP contribution in [-0.2, 0) is 5.28 Å². The number of hydrogen-bond acceptors (Lipinski definition) is 0. The summed E-state index contributed by atoms with van der Waals surface area (Å²) in [4.78, 5) is 0. The Bertz CT molecular complexity index is 176. The molecule has 0 amide bonds. The van der Waals surface area contributed by atoms with E-state index in [1.807, 2.05) is 0 Å². The van der Waals surface area contributed by atoms with Crippen LogP contribution in [0.25, 0.3) is 0 Å². The van der Waals surface area contributed by atoms with E-state index >= 15 is 0 Å². The van der Waals surface area contributed by atoms with E-state index in [0.717, 1.165) is 5.28 Å². The molecule has 0 aliphatic carbocycles. The molecule has 0 aromatic heterocycles. The van der Waals surface area contributed by atoms with E-state index in [1.54, 1.807) is 0 Å². The third kappa shape index (κ3) is 1.86. The molecular formula is C8H9Al+2. The maximum atomic E-state index is 2.71. The van der Waals surface area contributed by atoms with Crippen LogP contribution in [0.2, 0.25) is 0 Å². The van der Waals surface area contributed by atoms with Gasteiger partial charge in [0.15, 0.2) is 0 Å². The number of aryl methyl sites for hydroxylation is 1. The zero-order valence-corrected chi connectivity index (χ0v) is 6.75. The standard InChI is InChI=1S/C8H9.Al/c1-7-3-5-8(2)6-4-7;/h3-6H,1H2,2H3;/q;+2. The van der Waals surface area contributed by atoms with Gasteiger partial charge in [-0.25, -0.2) is 0 Å². The Balaban J connectivity index is 2.88. The van der Waals surface area contributed by atoms with Crippen molar-refractivity contribution in [2.24, 2.45) is 0 Å². The molecular weight excluding hydrogens is 123 g/mol. The Morgan fingerprint density at radius 1 is 1.22 bits per heavy atom. The van der Waals surface area contributed by atoms with Gasteiger partial charge in [0, 0.05) is 0 Å². The summed E-state index contributed by atoms with van der Waals surface area (Å²) < 4.78 is 0. The van der Waals surface area contributed by atoms with Crippen molar-refractivity contribution in [2.45, 2.75) is 12.2 Å². The fraction of sp³-hybridized carbons (Fsp3) is 0.250. The predicted octanol–water partition coefficient (Wildman–Crippen LogP) is 1.66. The molecule has 0 radical (unpaired) electrons. The van der Waals surface area contributed by atoms with Crippen LogP contribution in [0.1, 0.15) is 11.1 Å². The van der Waals surface area contributed by atoms with Crippen LogP contribution >= 0.6 is 0 Å². The molecule has 0 saturated carbocycles. The van der Waals surface area contributed by atoms with Crippen molar-refractivity contribution in [1.82, 2.24) is 0 Å². The Morgan fingerprint density at radius 2 is 1.78 bits per heavy atom. The molecule has 1 rings (SSSR count). The van der Waals surface area contributed by atoms with Gasteiger partial charge in [-0.05, 0) is 0 Å². The minimum atomic E-state index is 1.06. The second-order valence-corrected chi connectivity index (χ2v) is 2.60. The first-order valence-corrected chi connectivity index (χ1v) is 3.90. The molecule has 0 bridgehead atoms. The van der Waals surface area contributed by atoms with Crippen molar-refractivity contribution in [3.05, 3.63) is 35.4 Å². The number of hydrogen-bond donors (Lipinski definition) is 0. The monoisotopic (exact) mass is 132 g/mol. The molecule has 0 N–H and O–H groups in total. The summed E-state index contributed by atoms with van der Waals surface area (Å²) in [6, 6.07) is 8.59. The second kappa shape index (κ2) is 3.06. The summed E-state index contributed by atoms with van der Waals surface area (Å²) in [5.41, 5.74) is 2.71. The van der Waals surface area contributed by atoms with Gasteiger partial charge >= 0.3 is 63.9 Å². The van der Waals surface area contributed by atoms with E-state index in [1.165, 1.54) is 11.1 Å². The quantitative estimate of drug-likeness (QED) is 0.510. The molecule has 0 atom stereocenters. The molecule has 0 unspecified atom stereocenters. The Labute approximate surface area is 64.3 Å². The van der Waals surface area contributed by atoms with E-state index in [9.17, 15) is 0 Å². The van der Waals surface area contributed by atoms with Crippen molar-refractivity contribution in [3.63, 3.8) is 0 Å². The third-order valence-corrected chi connectivity index (χ3v) is 1.83. The Morgan fingerprint density at radius 3 is 2.22 bits per heavy atom. The van der Waals surface area contributed by atoms with Crippen molar-refractivity contribution in [1.29, 1.82) is 0 Å². The van der Waals surface area contributed by atoms with Crippen molar-refractivity contribution >= 4 is 16.3 Å². The number of rotatable bonds is 1. The first kappa shape index (κ1) is 6.87. The van der Waals surface area contributed by atoms with Gasteiger partial charge in [-0.2, -0.15) is 0 Å². The molecule has 0 aliphatic heterocycles. The number of benzene rings is 1. The summed E-state index contributed by atoms with van der Waals surface area (Å²) in [6.45, 7) is 2.10. The van der Waals surface area contributed by atoms with E-state index in [4.69, 9.17) is 0 Å². The zero-order valence-electron chi connectivity index (χ0n) is 5.59. The van der Waals surface area contributed by atoms with Gasteiger partial charge in [-0.3, -0.25) is 0 Å². The zero-order chi connectivity index (χ0) is 6.69. The maximum absolute atomic E-state index is 2.71. The van der Waals surface area contributed by atoms with E-state index in [0.29, 0.717) is 0 Å². The van der Waals surface area contributed by atoms with E-state index in [-0.39, 0.29) is 0 Å². The molecule has 0 spiro atoms. The molecule has 0 heterocycles. The second-order valence-electron chi connectivity index (χ2n) is 2.19. The SMILES string of the molecule is Cc1ccc([CH2][Al+2])cc1. The molecule has 9 heavy (non-hydrogen) atoms. The molecule has 0 aliphatic rings. The minimum absolute atomic E-state index is 1.06. The van der Waals surface area contributed by atoms with Crippen LogP contribution in [0, 0.1) is 6.92 Å². The van der Waals surface area contributed by atoms with Crippen LogP contribution in [0.3, 0.4) is 0 Å². The van der Waals surface area contributed by atoms with Crippen LogP contribution in [0.4, 0.5) is 0 Å². The van der Waals surface area contributed by atoms with Crippen LogP contribution in [0.15, 0.2) is 24.3 Å². The average Bonchev–Trinajstić information content (AvgIpc) is 1.90. The molecule has 0 fully saturated rings. The van der Waals surface area contributed by atoms with E-state index < -0.39 is 0 Å². The fourth-order valence-electron chi connectivity index (χ4n) is 0.724. The fourth-order valence-corrected chi connectivity index (χ4v) is 0.996. The van der Waals surface area contributed by atoms with Gasteiger partial charge in [0.2, 0.25) is 0 Å². The molecule has 1 aromatic rings. The first-order chi connectivity index (χ1) is 4.33. The van der Waals surface area contributed by atoms with Crippen LogP contribution in [0.5, 0.6) is 0 Å². The van der Waals surface area contributed by atoms with Gasteiger partial charge in [0.1, 0.15) is 0 Å². The summed E-state index contributed by atoms with van der Waals surface area (Å²) in [7, 11) is 0. The normalized spacial score (nSPS) is 9.67. The molecule has 42 valence electrons. The van der Waals surface area contributed by atoms with Gasteiger partial charge < -0.3 is 0 Å². The average molecular weight is 132 g/mol. The third-order valence-electron chi connectivity index (χ3n) is 1.36. The summed E-state index contributed by atoms with van der Waals surface area (Å²) >= 11 is 2.71. The van der Waals surface area contributed by atoms with Crippen molar-refractivity contribution < 1.29 is 0 Å². The molecule has 1 aromatic carbocycles. The first-order valence-electron chi connectivity index (χ1n) is 3.08. The molecule has 1 heteroatoms. The molecule has 0 nitrogen and oxygen atoms in total. The van der Waals surface area contributed by atoms with Crippen molar-refractivity contribution in [2.75, 3.05) is 0 Å². The van der Waals surface area contributed by atoms with Gasteiger partial charge in [-0.1, -0.05) is 0 Å². The van der Waals surface area contributed by atoms with Crippen LogP contribution < -0.4 is 0 Å². The Hall–Kier alpha value is -0.248. The van der Waals surface area contributed by atoms with Gasteiger partial charge in [0.05, 0.1) is 0 Å².